The second-order valence-electron chi connectivity index (χ2n) is 5.10. The molecule has 0 N–H and O–H groups in total. The maximum atomic E-state index is 12.0. The number of hydrogen-bond acceptors (Lipinski definition) is 4. The van der Waals surface area contributed by atoms with Crippen LogP contribution in [0.4, 0.5) is 5.69 Å². The Bertz CT molecular complexity index is 750. The van der Waals surface area contributed by atoms with Gasteiger partial charge in [-0.1, -0.05) is 29.8 Å². The number of benzene rings is 1. The zero-order valence-electron chi connectivity index (χ0n) is 12.0. The Morgan fingerprint density at radius 1 is 1.41 bits per heavy atom. The van der Waals surface area contributed by atoms with Crippen molar-refractivity contribution in [2.24, 2.45) is 7.05 Å². The van der Waals surface area contributed by atoms with Gasteiger partial charge in [0.15, 0.2) is 0 Å². The van der Waals surface area contributed by atoms with Crippen molar-refractivity contribution in [3.05, 3.63) is 55.9 Å². The Morgan fingerprint density at radius 2 is 2.18 bits per heavy atom. The van der Waals surface area contributed by atoms with Crippen molar-refractivity contribution in [3.8, 4) is 0 Å². The number of halogens is 2. The van der Waals surface area contributed by atoms with E-state index in [0.717, 1.165) is 11.3 Å². The largest absolute Gasteiger partial charge is 0.370 e. The maximum Gasteiger partial charge on any atom is 0.282 e. The maximum absolute atomic E-state index is 12.0. The van der Waals surface area contributed by atoms with E-state index in [0.29, 0.717) is 29.2 Å². The summed E-state index contributed by atoms with van der Waals surface area (Å²) in [6.07, 6.45) is 1.57. The third kappa shape index (κ3) is 2.91. The summed E-state index contributed by atoms with van der Waals surface area (Å²) in [4.78, 5) is 14.1. The fraction of sp³-hybridized carbons (Fsp3) is 0.333. The minimum Gasteiger partial charge on any atom is -0.370 e. The molecule has 0 aliphatic carbocycles. The van der Waals surface area contributed by atoms with Gasteiger partial charge in [0.25, 0.3) is 5.56 Å². The van der Waals surface area contributed by atoms with Gasteiger partial charge in [-0.2, -0.15) is 5.10 Å². The predicted molar refractivity (Wildman–Crippen MR) is 89.5 cm³/mol. The first-order valence-electron chi connectivity index (χ1n) is 6.90. The quantitative estimate of drug-likeness (QED) is 0.799. The van der Waals surface area contributed by atoms with Crippen LogP contribution in [0, 0.1) is 0 Å². The third-order valence-electron chi connectivity index (χ3n) is 3.72. The molecule has 0 saturated carbocycles. The smallest absolute Gasteiger partial charge is 0.282 e. The molecular formula is C15H15BrClN3O2. The number of nitrogens with zero attached hydrogens (tertiary/aromatic N) is 3. The molecule has 0 amide bonds. The predicted octanol–water partition coefficient (Wildman–Crippen LogP) is 2.77. The van der Waals surface area contributed by atoms with Gasteiger partial charge >= 0.3 is 0 Å². The van der Waals surface area contributed by atoms with Crippen LogP contribution in [0.15, 0.2) is 39.7 Å². The lowest BCUT2D eigenvalue weighted by atomic mass is 10.1. The number of aromatic nitrogens is 2. The van der Waals surface area contributed by atoms with Crippen LogP contribution in [0.3, 0.4) is 0 Å². The third-order valence-corrected chi connectivity index (χ3v) is 4.81. The van der Waals surface area contributed by atoms with Crippen molar-refractivity contribution in [2.45, 2.75) is 6.10 Å². The van der Waals surface area contributed by atoms with Gasteiger partial charge in [-0.15, -0.1) is 0 Å². The van der Waals surface area contributed by atoms with E-state index in [-0.39, 0.29) is 11.7 Å². The van der Waals surface area contributed by atoms with Crippen LogP contribution in [0.25, 0.3) is 0 Å². The first-order valence-corrected chi connectivity index (χ1v) is 8.08. The molecule has 1 aromatic carbocycles. The fourth-order valence-corrected chi connectivity index (χ4v) is 3.38. The van der Waals surface area contributed by atoms with Crippen molar-refractivity contribution in [3.63, 3.8) is 0 Å². The Morgan fingerprint density at radius 3 is 2.95 bits per heavy atom. The van der Waals surface area contributed by atoms with Gasteiger partial charge < -0.3 is 9.64 Å². The number of anilines is 1. The van der Waals surface area contributed by atoms with Crippen molar-refractivity contribution in [1.82, 2.24) is 9.78 Å². The topological polar surface area (TPSA) is 47.4 Å². The molecule has 7 heteroatoms. The molecule has 2 aromatic rings. The van der Waals surface area contributed by atoms with Gasteiger partial charge in [0.2, 0.25) is 0 Å². The van der Waals surface area contributed by atoms with Crippen LogP contribution in [0.2, 0.25) is 5.02 Å². The average Bonchev–Trinajstić information content (AvgIpc) is 2.53. The van der Waals surface area contributed by atoms with E-state index in [4.69, 9.17) is 16.3 Å². The number of hydrogen-bond donors (Lipinski definition) is 0. The van der Waals surface area contributed by atoms with Crippen molar-refractivity contribution in [1.29, 1.82) is 0 Å². The van der Waals surface area contributed by atoms with Crippen LogP contribution >= 0.6 is 27.5 Å². The molecule has 1 unspecified atom stereocenters. The highest BCUT2D eigenvalue weighted by Crippen LogP contribution is 2.31. The first kappa shape index (κ1) is 15.5. The molecular weight excluding hydrogens is 370 g/mol. The normalized spacial score (nSPS) is 18.5. The number of ether oxygens (including phenoxy) is 1. The summed E-state index contributed by atoms with van der Waals surface area (Å²) in [7, 11) is 1.63. The second kappa shape index (κ2) is 6.40. The van der Waals surface area contributed by atoms with Gasteiger partial charge in [-0.05, 0) is 22.0 Å². The standard InChI is InChI=1S/C15H15BrClN3O2/c1-19-15(21)14(16)12(8-18-19)20-6-7-22-13(9-20)10-4-2-3-5-11(10)17/h2-5,8,13H,6-7,9H2,1H3. The van der Waals surface area contributed by atoms with E-state index in [1.165, 1.54) is 4.68 Å². The molecule has 1 fully saturated rings. The number of rotatable bonds is 2. The summed E-state index contributed by atoms with van der Waals surface area (Å²) >= 11 is 9.63. The minimum absolute atomic E-state index is 0.126. The van der Waals surface area contributed by atoms with Gasteiger partial charge in [0.05, 0.1) is 18.5 Å². The van der Waals surface area contributed by atoms with Crippen LogP contribution < -0.4 is 10.5 Å². The summed E-state index contributed by atoms with van der Waals surface area (Å²) in [6, 6.07) is 7.66. The SMILES string of the molecule is Cn1ncc(N2CCOC(c3ccccc3Cl)C2)c(Br)c1=O. The second-order valence-corrected chi connectivity index (χ2v) is 6.30. The molecule has 22 heavy (non-hydrogen) atoms. The molecule has 1 aliphatic heterocycles. The van der Waals surface area contributed by atoms with Crippen LogP contribution in [-0.2, 0) is 11.8 Å². The fourth-order valence-electron chi connectivity index (χ4n) is 2.51. The van der Waals surface area contributed by atoms with Gasteiger partial charge in [0.1, 0.15) is 10.6 Å². The monoisotopic (exact) mass is 383 g/mol. The van der Waals surface area contributed by atoms with Crippen LogP contribution in [0.5, 0.6) is 0 Å². The molecule has 3 rings (SSSR count). The molecule has 1 aromatic heterocycles. The van der Waals surface area contributed by atoms with E-state index in [2.05, 4.69) is 25.9 Å². The Hall–Kier alpha value is -1.37. The number of morpholine rings is 1. The summed E-state index contributed by atoms with van der Waals surface area (Å²) in [5, 5.41) is 4.79. The summed E-state index contributed by atoms with van der Waals surface area (Å²) in [5.74, 6) is 0. The zero-order chi connectivity index (χ0) is 15.7. The lowest BCUT2D eigenvalue weighted by Gasteiger charge is -2.35. The molecule has 0 radical (unpaired) electrons. The van der Waals surface area contributed by atoms with Crippen LogP contribution in [-0.4, -0.2) is 29.5 Å². The van der Waals surface area contributed by atoms with Crippen molar-refractivity contribution < 1.29 is 4.74 Å². The number of aryl methyl sites for hydroxylation is 1. The molecule has 116 valence electrons. The molecule has 1 saturated heterocycles. The highest BCUT2D eigenvalue weighted by atomic mass is 79.9. The Kier molecular flexibility index (Phi) is 4.52. The van der Waals surface area contributed by atoms with E-state index >= 15 is 0 Å². The lowest BCUT2D eigenvalue weighted by molar-refractivity contribution is 0.0398. The lowest BCUT2D eigenvalue weighted by Crippen LogP contribution is -2.39. The zero-order valence-corrected chi connectivity index (χ0v) is 14.3. The molecule has 1 aliphatic rings. The van der Waals surface area contributed by atoms with Crippen molar-refractivity contribution in [2.75, 3.05) is 24.6 Å². The highest BCUT2D eigenvalue weighted by molar-refractivity contribution is 9.10. The molecule has 0 bridgehead atoms. The Labute approximate surface area is 141 Å². The summed E-state index contributed by atoms with van der Waals surface area (Å²) < 4.78 is 7.67. The average molecular weight is 385 g/mol. The van der Waals surface area contributed by atoms with Crippen molar-refractivity contribution >= 4 is 33.2 Å². The molecule has 2 heterocycles. The van der Waals surface area contributed by atoms with Gasteiger partial charge in [-0.3, -0.25) is 4.79 Å². The summed E-state index contributed by atoms with van der Waals surface area (Å²) in [6.45, 7) is 1.89. The van der Waals surface area contributed by atoms with Gasteiger partial charge in [-0.25, -0.2) is 4.68 Å². The van der Waals surface area contributed by atoms with Gasteiger partial charge in [0, 0.05) is 30.7 Å². The highest BCUT2D eigenvalue weighted by Gasteiger charge is 2.25. The minimum atomic E-state index is -0.154. The molecule has 1 atom stereocenters. The van der Waals surface area contributed by atoms with E-state index < -0.39 is 0 Å². The van der Waals surface area contributed by atoms with Crippen LogP contribution in [0.1, 0.15) is 11.7 Å². The summed E-state index contributed by atoms with van der Waals surface area (Å²) in [5.41, 5.74) is 1.59. The molecule has 0 spiro atoms. The first-order chi connectivity index (χ1) is 10.6. The Balaban J connectivity index is 1.90. The van der Waals surface area contributed by atoms with E-state index in [1.807, 2.05) is 24.3 Å². The van der Waals surface area contributed by atoms with E-state index in [9.17, 15) is 4.79 Å². The molecule has 5 nitrogen and oxygen atoms in total. The van der Waals surface area contributed by atoms with E-state index in [1.54, 1.807) is 13.2 Å².